The maximum atomic E-state index is 11.8. The monoisotopic (exact) mass is 248 g/mol. The van der Waals surface area contributed by atoms with Crippen molar-refractivity contribution in [1.29, 1.82) is 0 Å². The van der Waals surface area contributed by atoms with Gasteiger partial charge in [-0.15, -0.1) is 0 Å². The van der Waals surface area contributed by atoms with Gasteiger partial charge in [0, 0.05) is 23.1 Å². The molecule has 1 aliphatic heterocycles. The van der Waals surface area contributed by atoms with Crippen LogP contribution >= 0.6 is 11.6 Å². The minimum absolute atomic E-state index is 0.0754. The van der Waals surface area contributed by atoms with Crippen LogP contribution in [0.1, 0.15) is 24.1 Å². The summed E-state index contributed by atoms with van der Waals surface area (Å²) in [6.45, 7) is 2.59. The molecule has 0 saturated carbocycles. The Hall–Kier alpha value is -1.48. The highest BCUT2D eigenvalue weighted by Crippen LogP contribution is 2.33. The zero-order valence-electron chi connectivity index (χ0n) is 9.51. The van der Waals surface area contributed by atoms with Crippen molar-refractivity contribution in [1.82, 2.24) is 10.3 Å². The van der Waals surface area contributed by atoms with Crippen LogP contribution in [0.3, 0.4) is 0 Å². The second kappa shape index (κ2) is 3.77. The van der Waals surface area contributed by atoms with Gasteiger partial charge in [-0.05, 0) is 31.0 Å². The van der Waals surface area contributed by atoms with Crippen LogP contribution in [-0.4, -0.2) is 17.4 Å². The summed E-state index contributed by atoms with van der Waals surface area (Å²) < 4.78 is 0. The van der Waals surface area contributed by atoms with Crippen molar-refractivity contribution < 1.29 is 4.79 Å². The number of amides is 1. The molecule has 0 spiro atoms. The molecule has 1 aromatic heterocycles. The summed E-state index contributed by atoms with van der Waals surface area (Å²) in [7, 11) is 0. The number of carbonyl (C=O) groups is 1. The minimum atomic E-state index is -0.143. The Bertz CT molecular complexity index is 603. The molecule has 0 radical (unpaired) electrons. The fourth-order valence-electron chi connectivity index (χ4n) is 2.51. The van der Waals surface area contributed by atoms with Crippen molar-refractivity contribution in [3.63, 3.8) is 0 Å². The molecule has 17 heavy (non-hydrogen) atoms. The van der Waals surface area contributed by atoms with Crippen LogP contribution in [0.4, 0.5) is 0 Å². The number of halogens is 1. The van der Waals surface area contributed by atoms with Gasteiger partial charge in [0.05, 0.1) is 10.9 Å². The second-order valence-corrected chi connectivity index (χ2v) is 4.85. The third kappa shape index (κ3) is 1.53. The van der Waals surface area contributed by atoms with Gasteiger partial charge in [0.15, 0.2) is 0 Å². The van der Waals surface area contributed by atoms with Crippen molar-refractivity contribution >= 4 is 28.4 Å². The Kier molecular flexibility index (Phi) is 2.37. The van der Waals surface area contributed by atoms with Gasteiger partial charge in [0.2, 0.25) is 5.91 Å². The van der Waals surface area contributed by atoms with E-state index in [1.807, 2.05) is 25.1 Å². The fraction of sp³-hybridized carbons (Fsp3) is 0.308. The summed E-state index contributed by atoms with van der Waals surface area (Å²) in [6, 6.07) is 5.81. The molecular weight excluding hydrogens is 236 g/mol. The van der Waals surface area contributed by atoms with Gasteiger partial charge in [-0.25, -0.2) is 0 Å². The smallest absolute Gasteiger partial charge is 0.228 e. The molecule has 0 fully saturated rings. The Morgan fingerprint density at radius 2 is 2.24 bits per heavy atom. The van der Waals surface area contributed by atoms with Crippen LogP contribution in [0.15, 0.2) is 18.2 Å². The van der Waals surface area contributed by atoms with E-state index in [1.165, 1.54) is 5.56 Å². The molecule has 0 unspecified atom stereocenters. The number of aromatic nitrogens is 1. The maximum Gasteiger partial charge on any atom is 0.228 e. The molecule has 2 heterocycles. The molecule has 2 N–H and O–H groups in total. The Morgan fingerprint density at radius 3 is 3.06 bits per heavy atom. The Morgan fingerprint density at radius 1 is 1.41 bits per heavy atom. The van der Waals surface area contributed by atoms with Gasteiger partial charge in [-0.2, -0.15) is 0 Å². The first-order chi connectivity index (χ1) is 8.18. The van der Waals surface area contributed by atoms with E-state index in [-0.39, 0.29) is 11.8 Å². The number of aromatic amines is 1. The highest BCUT2D eigenvalue weighted by molar-refractivity contribution is 6.35. The van der Waals surface area contributed by atoms with Crippen LogP contribution in [0.2, 0.25) is 5.02 Å². The summed E-state index contributed by atoms with van der Waals surface area (Å²) >= 11 is 6.25. The largest absolute Gasteiger partial charge is 0.357 e. The summed E-state index contributed by atoms with van der Waals surface area (Å²) in [4.78, 5) is 15.1. The van der Waals surface area contributed by atoms with Crippen LogP contribution in [0, 0.1) is 0 Å². The van der Waals surface area contributed by atoms with Crippen molar-refractivity contribution in [3.8, 4) is 0 Å². The maximum absolute atomic E-state index is 11.8. The number of rotatable bonds is 0. The Balaban J connectivity index is 2.31. The van der Waals surface area contributed by atoms with Crippen molar-refractivity contribution in [3.05, 3.63) is 34.5 Å². The number of H-pyrrole nitrogens is 1. The number of fused-ring (bicyclic) bond motifs is 3. The summed E-state index contributed by atoms with van der Waals surface area (Å²) in [5.41, 5.74) is 3.20. The fourth-order valence-corrected chi connectivity index (χ4v) is 2.80. The van der Waals surface area contributed by atoms with Gasteiger partial charge < -0.3 is 10.3 Å². The lowest BCUT2D eigenvalue weighted by atomic mass is 10.0. The third-order valence-corrected chi connectivity index (χ3v) is 3.73. The summed E-state index contributed by atoms with van der Waals surface area (Å²) in [6.07, 6.45) is 0.829. The van der Waals surface area contributed by atoms with E-state index >= 15 is 0 Å². The standard InChI is InChI=1S/C13H13ClN2O/c1-7-12-8(5-6-15-13(7)17)11-9(14)3-2-4-10(11)16-12/h2-4,7,16H,5-6H2,1H3,(H,15,17)/t7-/m1/s1. The van der Waals surface area contributed by atoms with Crippen LogP contribution in [0.25, 0.3) is 10.9 Å². The molecule has 1 atom stereocenters. The number of hydrogen-bond acceptors (Lipinski definition) is 1. The molecule has 1 aliphatic rings. The van der Waals surface area contributed by atoms with Gasteiger partial charge in [0.25, 0.3) is 0 Å². The number of carbonyl (C=O) groups excluding carboxylic acids is 1. The van der Waals surface area contributed by atoms with Crippen molar-refractivity contribution in [2.75, 3.05) is 6.54 Å². The molecule has 1 amide bonds. The Labute approximate surface area is 104 Å². The van der Waals surface area contributed by atoms with E-state index in [4.69, 9.17) is 11.6 Å². The van der Waals surface area contributed by atoms with Gasteiger partial charge >= 0.3 is 0 Å². The predicted molar refractivity (Wildman–Crippen MR) is 68.4 cm³/mol. The zero-order chi connectivity index (χ0) is 12.0. The number of nitrogens with one attached hydrogen (secondary N) is 2. The molecule has 2 aromatic rings. The predicted octanol–water partition coefficient (Wildman–Crippen LogP) is 2.60. The SMILES string of the molecule is C[C@H]1C(=O)NCCc2c1[nH]c1cccc(Cl)c21. The first-order valence-electron chi connectivity index (χ1n) is 5.75. The van der Waals surface area contributed by atoms with Gasteiger partial charge in [0.1, 0.15) is 0 Å². The van der Waals surface area contributed by atoms with E-state index in [2.05, 4.69) is 10.3 Å². The van der Waals surface area contributed by atoms with Crippen molar-refractivity contribution in [2.24, 2.45) is 0 Å². The summed E-state index contributed by atoms with van der Waals surface area (Å²) in [5.74, 6) is -0.0672. The van der Waals surface area contributed by atoms with Crippen molar-refractivity contribution in [2.45, 2.75) is 19.3 Å². The molecule has 88 valence electrons. The first-order valence-corrected chi connectivity index (χ1v) is 6.13. The topological polar surface area (TPSA) is 44.9 Å². The average molecular weight is 249 g/mol. The average Bonchev–Trinajstić information content (AvgIpc) is 2.62. The highest BCUT2D eigenvalue weighted by atomic mass is 35.5. The molecule has 3 rings (SSSR count). The van der Waals surface area contributed by atoms with E-state index in [0.717, 1.165) is 28.0 Å². The molecule has 3 nitrogen and oxygen atoms in total. The molecule has 0 saturated heterocycles. The lowest BCUT2D eigenvalue weighted by Gasteiger charge is -2.06. The second-order valence-electron chi connectivity index (χ2n) is 4.44. The first kappa shape index (κ1) is 10.7. The number of hydrogen-bond donors (Lipinski definition) is 2. The molecular formula is C13H13ClN2O. The molecule has 1 aromatic carbocycles. The van der Waals surface area contributed by atoms with Crippen LogP contribution in [-0.2, 0) is 11.2 Å². The molecule has 4 heteroatoms. The number of benzene rings is 1. The van der Waals surface area contributed by atoms with Gasteiger partial charge in [-0.3, -0.25) is 4.79 Å². The summed E-state index contributed by atoms with van der Waals surface area (Å²) in [5, 5.41) is 4.72. The molecule has 0 bridgehead atoms. The lowest BCUT2D eigenvalue weighted by Crippen LogP contribution is -2.27. The van der Waals surface area contributed by atoms with Crippen LogP contribution < -0.4 is 5.32 Å². The van der Waals surface area contributed by atoms with Crippen LogP contribution in [0.5, 0.6) is 0 Å². The van der Waals surface area contributed by atoms with E-state index in [0.29, 0.717) is 6.54 Å². The zero-order valence-corrected chi connectivity index (χ0v) is 10.3. The lowest BCUT2D eigenvalue weighted by molar-refractivity contribution is -0.122. The van der Waals surface area contributed by atoms with Gasteiger partial charge in [-0.1, -0.05) is 17.7 Å². The van der Waals surface area contributed by atoms with E-state index in [9.17, 15) is 4.79 Å². The minimum Gasteiger partial charge on any atom is -0.357 e. The van der Waals surface area contributed by atoms with E-state index < -0.39 is 0 Å². The van der Waals surface area contributed by atoms with E-state index in [1.54, 1.807) is 0 Å². The normalized spacial score (nSPS) is 19.9. The quantitative estimate of drug-likeness (QED) is 0.740. The molecule has 0 aliphatic carbocycles. The third-order valence-electron chi connectivity index (χ3n) is 3.41. The highest BCUT2D eigenvalue weighted by Gasteiger charge is 2.25.